The van der Waals surface area contributed by atoms with Crippen LogP contribution in [0.1, 0.15) is 5.56 Å². The van der Waals surface area contributed by atoms with E-state index in [0.717, 1.165) is 20.9 Å². The second-order valence-electron chi connectivity index (χ2n) is 3.68. The number of aryl methyl sites for hydroxylation is 1. The number of aromatic nitrogens is 2. The van der Waals surface area contributed by atoms with E-state index >= 15 is 0 Å². The van der Waals surface area contributed by atoms with Gasteiger partial charge in [-0.15, -0.1) is 0 Å². The van der Waals surface area contributed by atoms with Gasteiger partial charge in [-0.1, -0.05) is 0 Å². The lowest BCUT2D eigenvalue weighted by Gasteiger charge is -2.02. The minimum Gasteiger partial charge on any atom is -0.338 e. The Bertz CT molecular complexity index is 758. The van der Waals surface area contributed by atoms with E-state index < -0.39 is 0 Å². The van der Waals surface area contributed by atoms with Crippen molar-refractivity contribution in [2.45, 2.75) is 6.92 Å². The maximum Gasteiger partial charge on any atom is 0.366 e. The van der Waals surface area contributed by atoms with Gasteiger partial charge in [-0.2, -0.15) is 0 Å². The second kappa shape index (κ2) is 3.18. The van der Waals surface area contributed by atoms with Gasteiger partial charge in [-0.05, 0) is 40.5 Å². The van der Waals surface area contributed by atoms with Crippen LogP contribution in [0.5, 0.6) is 0 Å². The van der Waals surface area contributed by atoms with E-state index in [0.29, 0.717) is 10.9 Å². The molecule has 4 nitrogen and oxygen atoms in total. The third kappa shape index (κ3) is 1.21. The van der Waals surface area contributed by atoms with Gasteiger partial charge in [0.25, 0.3) is 0 Å². The van der Waals surface area contributed by atoms with Crippen LogP contribution in [0.25, 0.3) is 21.8 Å². The minimum atomic E-state index is -0.387. The molecule has 0 aliphatic carbocycles. The molecule has 0 saturated heterocycles. The molecule has 16 heavy (non-hydrogen) atoms. The Morgan fingerprint density at radius 3 is 3.00 bits per heavy atom. The molecule has 0 atom stereocenters. The van der Waals surface area contributed by atoms with Gasteiger partial charge in [0, 0.05) is 16.1 Å². The second-order valence-corrected chi connectivity index (χ2v) is 4.54. The molecule has 0 aliphatic rings. The summed E-state index contributed by atoms with van der Waals surface area (Å²) in [6, 6.07) is 3.96. The molecule has 80 valence electrons. The number of nitrogens with one attached hydrogen (secondary N) is 1. The molecular formula is C11H7BrN2O2. The first-order chi connectivity index (χ1) is 7.66. The van der Waals surface area contributed by atoms with Gasteiger partial charge in [-0.25, -0.2) is 9.95 Å². The van der Waals surface area contributed by atoms with Crippen molar-refractivity contribution in [2.24, 2.45) is 0 Å². The SMILES string of the molecule is Cc1cc(Br)c2ncc3c(=O)o[nH]c3c2c1. The molecule has 2 aromatic heterocycles. The number of fused-ring (bicyclic) bond motifs is 3. The molecule has 0 saturated carbocycles. The highest BCUT2D eigenvalue weighted by atomic mass is 79.9. The monoisotopic (exact) mass is 278 g/mol. The van der Waals surface area contributed by atoms with E-state index in [9.17, 15) is 4.79 Å². The average molecular weight is 279 g/mol. The number of hydrogen-bond donors (Lipinski definition) is 1. The molecule has 0 aliphatic heterocycles. The Hall–Kier alpha value is -1.62. The summed E-state index contributed by atoms with van der Waals surface area (Å²) in [5.74, 6) is 0. The van der Waals surface area contributed by atoms with Crippen LogP contribution in [0.15, 0.2) is 32.1 Å². The number of benzene rings is 1. The summed E-state index contributed by atoms with van der Waals surface area (Å²) in [6.07, 6.45) is 1.53. The molecule has 0 unspecified atom stereocenters. The van der Waals surface area contributed by atoms with Gasteiger partial charge in [0.05, 0.1) is 11.0 Å². The van der Waals surface area contributed by atoms with Crippen LogP contribution in [0.2, 0.25) is 0 Å². The standard InChI is InChI=1S/C11H7BrN2O2/c1-5-2-6-9-7(11(15)16-14-9)4-13-10(6)8(12)3-5/h2-4,14H,1H3. The zero-order valence-electron chi connectivity index (χ0n) is 8.37. The third-order valence-corrected chi connectivity index (χ3v) is 3.14. The number of H-pyrrole nitrogens is 1. The number of aromatic amines is 1. The molecule has 0 radical (unpaired) electrons. The summed E-state index contributed by atoms with van der Waals surface area (Å²) < 4.78 is 5.68. The Balaban J connectivity index is 2.65. The van der Waals surface area contributed by atoms with Crippen molar-refractivity contribution in [3.05, 3.63) is 38.8 Å². The lowest BCUT2D eigenvalue weighted by Crippen LogP contribution is -1.92. The van der Waals surface area contributed by atoms with Crippen molar-refractivity contribution in [3.8, 4) is 0 Å². The van der Waals surface area contributed by atoms with Crippen LogP contribution < -0.4 is 5.63 Å². The highest BCUT2D eigenvalue weighted by Gasteiger charge is 2.10. The Morgan fingerprint density at radius 1 is 1.38 bits per heavy atom. The average Bonchev–Trinajstić information content (AvgIpc) is 2.60. The molecule has 3 rings (SSSR count). The summed E-state index contributed by atoms with van der Waals surface area (Å²) in [7, 11) is 0. The lowest BCUT2D eigenvalue weighted by molar-refractivity contribution is 0.400. The van der Waals surface area contributed by atoms with E-state index in [1.165, 1.54) is 6.20 Å². The van der Waals surface area contributed by atoms with Gasteiger partial charge in [0.1, 0.15) is 5.39 Å². The molecule has 2 heterocycles. The van der Waals surface area contributed by atoms with Crippen molar-refractivity contribution in [2.75, 3.05) is 0 Å². The van der Waals surface area contributed by atoms with Gasteiger partial charge < -0.3 is 4.52 Å². The summed E-state index contributed by atoms with van der Waals surface area (Å²) in [6.45, 7) is 1.99. The minimum absolute atomic E-state index is 0.387. The zero-order chi connectivity index (χ0) is 11.3. The number of rotatable bonds is 0. The van der Waals surface area contributed by atoms with Crippen LogP contribution >= 0.6 is 15.9 Å². The lowest BCUT2D eigenvalue weighted by atomic mass is 10.1. The number of halogens is 1. The maximum absolute atomic E-state index is 11.3. The first-order valence-corrected chi connectivity index (χ1v) is 5.52. The van der Waals surface area contributed by atoms with E-state index in [-0.39, 0.29) is 5.63 Å². The van der Waals surface area contributed by atoms with Gasteiger partial charge in [0.2, 0.25) is 0 Å². The number of hydrogen-bond acceptors (Lipinski definition) is 3. The van der Waals surface area contributed by atoms with Crippen molar-refractivity contribution in [1.29, 1.82) is 0 Å². The topological polar surface area (TPSA) is 58.9 Å². The predicted molar refractivity (Wildman–Crippen MR) is 64.6 cm³/mol. The molecule has 5 heteroatoms. The van der Waals surface area contributed by atoms with Gasteiger partial charge in [0.15, 0.2) is 0 Å². The number of nitrogens with zero attached hydrogens (tertiary/aromatic N) is 1. The van der Waals surface area contributed by atoms with Crippen LogP contribution in [-0.2, 0) is 0 Å². The first-order valence-electron chi connectivity index (χ1n) is 4.73. The molecule has 1 N–H and O–H groups in total. The largest absolute Gasteiger partial charge is 0.366 e. The molecule has 0 amide bonds. The zero-order valence-corrected chi connectivity index (χ0v) is 9.96. The molecule has 0 bridgehead atoms. The Labute approximate surface area is 98.4 Å². The smallest absolute Gasteiger partial charge is 0.338 e. The van der Waals surface area contributed by atoms with Crippen LogP contribution in [0.3, 0.4) is 0 Å². The first kappa shape index (κ1) is 9.59. The highest BCUT2D eigenvalue weighted by molar-refractivity contribution is 9.10. The highest BCUT2D eigenvalue weighted by Crippen LogP contribution is 2.27. The summed E-state index contributed by atoms with van der Waals surface area (Å²) >= 11 is 3.46. The van der Waals surface area contributed by atoms with Crippen LogP contribution in [-0.4, -0.2) is 10.1 Å². The quantitative estimate of drug-likeness (QED) is 0.688. The van der Waals surface area contributed by atoms with Crippen LogP contribution in [0.4, 0.5) is 0 Å². The fourth-order valence-electron chi connectivity index (χ4n) is 1.81. The van der Waals surface area contributed by atoms with Crippen molar-refractivity contribution in [3.63, 3.8) is 0 Å². The summed E-state index contributed by atoms with van der Waals surface area (Å²) in [5, 5.41) is 4.00. The van der Waals surface area contributed by atoms with Crippen molar-refractivity contribution in [1.82, 2.24) is 10.1 Å². The molecular weight excluding hydrogens is 272 g/mol. The van der Waals surface area contributed by atoms with Gasteiger partial charge >= 0.3 is 5.63 Å². The fraction of sp³-hybridized carbons (Fsp3) is 0.0909. The maximum atomic E-state index is 11.3. The van der Waals surface area contributed by atoms with E-state index in [1.54, 1.807) is 0 Å². The normalized spacial score (nSPS) is 11.4. The Morgan fingerprint density at radius 2 is 2.19 bits per heavy atom. The summed E-state index contributed by atoms with van der Waals surface area (Å²) in [5.41, 5.74) is 2.22. The van der Waals surface area contributed by atoms with Gasteiger partial charge in [-0.3, -0.25) is 4.98 Å². The summed E-state index contributed by atoms with van der Waals surface area (Å²) in [4.78, 5) is 15.6. The molecule has 1 aromatic carbocycles. The molecule has 0 spiro atoms. The van der Waals surface area contributed by atoms with E-state index in [1.807, 2.05) is 19.1 Å². The number of pyridine rings is 1. The predicted octanol–water partition coefficient (Wildman–Crippen LogP) is 2.74. The van der Waals surface area contributed by atoms with Crippen molar-refractivity contribution >= 4 is 37.7 Å². The van der Waals surface area contributed by atoms with Crippen molar-refractivity contribution < 1.29 is 4.52 Å². The fourth-order valence-corrected chi connectivity index (χ4v) is 2.49. The third-order valence-electron chi connectivity index (χ3n) is 2.53. The molecule has 3 aromatic rings. The van der Waals surface area contributed by atoms with Crippen LogP contribution in [0, 0.1) is 6.92 Å². The molecule has 0 fully saturated rings. The Kier molecular flexibility index (Phi) is 1.91. The van der Waals surface area contributed by atoms with E-state index in [2.05, 4.69) is 26.1 Å². The van der Waals surface area contributed by atoms with E-state index in [4.69, 9.17) is 4.52 Å².